The summed E-state index contributed by atoms with van der Waals surface area (Å²) in [6, 6.07) is 8.25. The molecular formula is C14H19NOS. The minimum absolute atomic E-state index is 0.253. The quantitative estimate of drug-likeness (QED) is 0.817. The van der Waals surface area contributed by atoms with Gasteiger partial charge >= 0.3 is 0 Å². The predicted molar refractivity (Wildman–Crippen MR) is 74.8 cm³/mol. The molecule has 0 aromatic heterocycles. The van der Waals surface area contributed by atoms with Gasteiger partial charge in [0.25, 0.3) is 0 Å². The first-order chi connectivity index (χ1) is 8.22. The highest BCUT2D eigenvalue weighted by atomic mass is 32.1. The van der Waals surface area contributed by atoms with Crippen LogP contribution >= 0.6 is 12.6 Å². The van der Waals surface area contributed by atoms with Gasteiger partial charge in [-0.25, -0.2) is 0 Å². The number of carbonyl (C=O) groups is 1. The molecule has 0 saturated heterocycles. The number of amides is 1. The minimum Gasteiger partial charge on any atom is -0.312 e. The van der Waals surface area contributed by atoms with Crippen LogP contribution in [0.3, 0.4) is 0 Å². The summed E-state index contributed by atoms with van der Waals surface area (Å²) < 4.78 is 0. The summed E-state index contributed by atoms with van der Waals surface area (Å²) in [6.07, 6.45) is 2.63. The topological polar surface area (TPSA) is 20.3 Å². The number of thiol groups is 1. The molecule has 1 unspecified atom stereocenters. The van der Waals surface area contributed by atoms with Crippen molar-refractivity contribution in [3.8, 4) is 0 Å². The smallest absolute Gasteiger partial charge is 0.227 e. The standard InChI is InChI=1S/C14H19NOS/c1-11(10-17)9-15-13-7-3-2-5-12(13)6-4-8-14(15)16/h2-3,5,7,11,17H,4,6,8-10H2,1H3. The maximum atomic E-state index is 12.1. The van der Waals surface area contributed by atoms with E-state index in [0.717, 1.165) is 30.8 Å². The van der Waals surface area contributed by atoms with Crippen molar-refractivity contribution >= 4 is 24.2 Å². The molecule has 2 rings (SSSR count). The van der Waals surface area contributed by atoms with Crippen molar-refractivity contribution < 1.29 is 4.79 Å². The third-order valence-corrected chi connectivity index (χ3v) is 3.85. The predicted octanol–water partition coefficient (Wildman–Crippen LogP) is 2.92. The van der Waals surface area contributed by atoms with Gasteiger partial charge in [0, 0.05) is 18.7 Å². The molecule has 0 aliphatic carbocycles. The van der Waals surface area contributed by atoms with Crippen molar-refractivity contribution in [2.24, 2.45) is 5.92 Å². The normalized spacial score (nSPS) is 17.5. The number of hydrogen-bond acceptors (Lipinski definition) is 2. The molecule has 1 aromatic carbocycles. The van der Waals surface area contributed by atoms with Gasteiger partial charge in [-0.15, -0.1) is 0 Å². The number of aryl methyl sites for hydroxylation is 1. The van der Waals surface area contributed by atoms with Gasteiger partial charge in [0.15, 0.2) is 0 Å². The third-order valence-electron chi connectivity index (χ3n) is 3.23. The highest BCUT2D eigenvalue weighted by molar-refractivity contribution is 7.80. The Morgan fingerprint density at radius 3 is 2.88 bits per heavy atom. The fourth-order valence-electron chi connectivity index (χ4n) is 2.25. The van der Waals surface area contributed by atoms with E-state index in [4.69, 9.17) is 0 Å². The molecule has 0 spiro atoms. The van der Waals surface area contributed by atoms with Crippen molar-refractivity contribution in [3.05, 3.63) is 29.8 Å². The van der Waals surface area contributed by atoms with E-state index in [9.17, 15) is 4.79 Å². The van der Waals surface area contributed by atoms with E-state index in [-0.39, 0.29) is 5.91 Å². The molecule has 1 aromatic rings. The van der Waals surface area contributed by atoms with E-state index in [1.807, 2.05) is 11.0 Å². The van der Waals surface area contributed by atoms with Gasteiger partial charge in [0.1, 0.15) is 0 Å². The van der Waals surface area contributed by atoms with Crippen LogP contribution < -0.4 is 4.90 Å². The summed E-state index contributed by atoms with van der Waals surface area (Å²) in [5.74, 6) is 1.49. The third kappa shape index (κ3) is 2.83. The van der Waals surface area contributed by atoms with Gasteiger partial charge in [0.2, 0.25) is 5.91 Å². The van der Waals surface area contributed by atoms with E-state index >= 15 is 0 Å². The molecule has 0 saturated carbocycles. The fourth-order valence-corrected chi connectivity index (χ4v) is 2.37. The number of carbonyl (C=O) groups excluding carboxylic acids is 1. The van der Waals surface area contributed by atoms with Crippen LogP contribution in [0, 0.1) is 5.92 Å². The van der Waals surface area contributed by atoms with Crippen molar-refractivity contribution in [3.63, 3.8) is 0 Å². The van der Waals surface area contributed by atoms with Gasteiger partial charge in [-0.3, -0.25) is 4.79 Å². The Hall–Kier alpha value is -0.960. The SMILES string of the molecule is CC(CS)CN1C(=O)CCCc2ccccc21. The molecule has 92 valence electrons. The maximum absolute atomic E-state index is 12.1. The van der Waals surface area contributed by atoms with E-state index in [1.54, 1.807) is 0 Å². The van der Waals surface area contributed by atoms with Crippen LogP contribution in [-0.4, -0.2) is 18.2 Å². The van der Waals surface area contributed by atoms with E-state index in [1.165, 1.54) is 5.56 Å². The van der Waals surface area contributed by atoms with Gasteiger partial charge in [0.05, 0.1) is 0 Å². The van der Waals surface area contributed by atoms with Gasteiger partial charge in [-0.05, 0) is 36.1 Å². The lowest BCUT2D eigenvalue weighted by molar-refractivity contribution is -0.118. The molecule has 1 heterocycles. The molecular weight excluding hydrogens is 230 g/mol. The Morgan fingerprint density at radius 1 is 1.35 bits per heavy atom. The average Bonchev–Trinajstić information content (AvgIpc) is 2.50. The lowest BCUT2D eigenvalue weighted by Gasteiger charge is -2.25. The van der Waals surface area contributed by atoms with Crippen molar-refractivity contribution in [2.75, 3.05) is 17.2 Å². The molecule has 0 fully saturated rings. The number of fused-ring (bicyclic) bond motifs is 1. The maximum Gasteiger partial charge on any atom is 0.227 e. The Bertz CT molecular complexity index is 405. The van der Waals surface area contributed by atoms with Crippen molar-refractivity contribution in [1.82, 2.24) is 0 Å². The molecule has 0 N–H and O–H groups in total. The first-order valence-corrected chi connectivity index (χ1v) is 6.84. The summed E-state index contributed by atoms with van der Waals surface area (Å²) in [4.78, 5) is 14.1. The summed E-state index contributed by atoms with van der Waals surface area (Å²) in [5.41, 5.74) is 2.40. The highest BCUT2D eigenvalue weighted by Gasteiger charge is 2.22. The van der Waals surface area contributed by atoms with E-state index in [2.05, 4.69) is 37.8 Å². The number of para-hydroxylation sites is 1. The number of anilines is 1. The van der Waals surface area contributed by atoms with Gasteiger partial charge in [-0.1, -0.05) is 25.1 Å². The van der Waals surface area contributed by atoms with Crippen LogP contribution in [0.25, 0.3) is 0 Å². The average molecular weight is 249 g/mol. The summed E-state index contributed by atoms with van der Waals surface area (Å²) in [5, 5.41) is 0. The number of rotatable bonds is 3. The summed E-state index contributed by atoms with van der Waals surface area (Å²) >= 11 is 4.30. The molecule has 0 bridgehead atoms. The van der Waals surface area contributed by atoms with Crippen LogP contribution in [0.1, 0.15) is 25.3 Å². The Morgan fingerprint density at radius 2 is 2.12 bits per heavy atom. The number of benzene rings is 1. The zero-order chi connectivity index (χ0) is 12.3. The first-order valence-electron chi connectivity index (χ1n) is 6.21. The van der Waals surface area contributed by atoms with Crippen molar-refractivity contribution in [1.29, 1.82) is 0 Å². The zero-order valence-electron chi connectivity index (χ0n) is 10.2. The van der Waals surface area contributed by atoms with Crippen LogP contribution in [0.5, 0.6) is 0 Å². The van der Waals surface area contributed by atoms with Gasteiger partial charge in [-0.2, -0.15) is 12.6 Å². The van der Waals surface area contributed by atoms with E-state index in [0.29, 0.717) is 12.3 Å². The minimum atomic E-state index is 0.253. The highest BCUT2D eigenvalue weighted by Crippen LogP contribution is 2.27. The second-order valence-electron chi connectivity index (χ2n) is 4.77. The lowest BCUT2D eigenvalue weighted by Crippen LogP contribution is -2.34. The molecule has 1 aliphatic rings. The Kier molecular flexibility index (Phi) is 4.11. The monoisotopic (exact) mass is 249 g/mol. The van der Waals surface area contributed by atoms with Crippen molar-refractivity contribution in [2.45, 2.75) is 26.2 Å². The second-order valence-corrected chi connectivity index (χ2v) is 5.14. The van der Waals surface area contributed by atoms with E-state index < -0.39 is 0 Å². The van der Waals surface area contributed by atoms with Crippen LogP contribution in [0.15, 0.2) is 24.3 Å². The fraction of sp³-hybridized carbons (Fsp3) is 0.500. The summed E-state index contributed by atoms with van der Waals surface area (Å²) in [6.45, 7) is 2.91. The van der Waals surface area contributed by atoms with Gasteiger partial charge < -0.3 is 4.90 Å². The molecule has 1 atom stereocenters. The van der Waals surface area contributed by atoms with Crippen LogP contribution in [0.2, 0.25) is 0 Å². The number of nitrogens with zero attached hydrogens (tertiary/aromatic N) is 1. The Balaban J connectivity index is 2.30. The Labute approximate surface area is 108 Å². The molecule has 3 heteroatoms. The molecule has 1 amide bonds. The zero-order valence-corrected chi connectivity index (χ0v) is 11.1. The second kappa shape index (κ2) is 5.58. The van der Waals surface area contributed by atoms with Crippen LogP contribution in [0.4, 0.5) is 5.69 Å². The first kappa shape index (κ1) is 12.5. The molecule has 1 aliphatic heterocycles. The molecule has 2 nitrogen and oxygen atoms in total. The largest absolute Gasteiger partial charge is 0.312 e. The molecule has 17 heavy (non-hydrogen) atoms. The molecule has 0 radical (unpaired) electrons. The van der Waals surface area contributed by atoms with Crippen LogP contribution in [-0.2, 0) is 11.2 Å². The summed E-state index contributed by atoms with van der Waals surface area (Å²) in [7, 11) is 0. The lowest BCUT2D eigenvalue weighted by atomic mass is 10.1. The number of hydrogen-bond donors (Lipinski definition) is 1.